The fourth-order valence-electron chi connectivity index (χ4n) is 1.93. The molecule has 0 N–H and O–H groups in total. The summed E-state index contributed by atoms with van der Waals surface area (Å²) in [5, 5.41) is 8.99. The van der Waals surface area contributed by atoms with Crippen molar-refractivity contribution in [3.05, 3.63) is 34.6 Å². The average Bonchev–Trinajstić information content (AvgIpc) is 2.50. The first kappa shape index (κ1) is 17.7. The van der Waals surface area contributed by atoms with Gasteiger partial charge in [0.15, 0.2) is 0 Å². The number of rotatable bonds is 3. The van der Waals surface area contributed by atoms with E-state index in [4.69, 9.17) is 17.8 Å². The fraction of sp³-hybridized carbons (Fsp3) is 0.714. The Morgan fingerprint density at radius 3 is 2.42 bits per heavy atom. The van der Waals surface area contributed by atoms with E-state index in [0.717, 1.165) is 22.0 Å². The molecule has 1 fully saturated rings. The third kappa shape index (κ3) is 7.26. The van der Waals surface area contributed by atoms with E-state index in [1.165, 1.54) is 25.0 Å². The molecule has 110 valence electrons. The molecule has 0 bridgehead atoms. The first-order valence-electron chi connectivity index (χ1n) is 7.17. The molecule has 2 aliphatic rings. The summed E-state index contributed by atoms with van der Waals surface area (Å²) in [5.41, 5.74) is 1.19. The maximum atomic E-state index is 5.88. The van der Waals surface area contributed by atoms with Crippen molar-refractivity contribution in [2.75, 3.05) is 13.1 Å². The van der Waals surface area contributed by atoms with Gasteiger partial charge in [-0.3, -0.25) is 0 Å². The third-order valence-electron chi connectivity index (χ3n) is 3.39. The fourth-order valence-corrected chi connectivity index (χ4v) is 3.36. The van der Waals surface area contributed by atoms with Gasteiger partial charge in [0.25, 0.3) is 0 Å². The van der Waals surface area contributed by atoms with E-state index in [9.17, 15) is 0 Å². The summed E-state index contributed by atoms with van der Waals surface area (Å²) >= 11 is -2.34. The summed E-state index contributed by atoms with van der Waals surface area (Å²) in [5.74, 6) is 0. The number of halogens is 2. The van der Waals surface area contributed by atoms with Gasteiger partial charge in [-0.15, -0.1) is 25.2 Å². The predicted molar refractivity (Wildman–Crippen MR) is 89.7 cm³/mol. The number of allylic oxidation sites excluding steroid dienone is 2. The Kier molecular flexibility index (Phi) is 8.87. The summed E-state index contributed by atoms with van der Waals surface area (Å²) in [7, 11) is 11.8. The van der Waals surface area contributed by atoms with Crippen molar-refractivity contribution < 1.29 is 0 Å². The van der Waals surface area contributed by atoms with Crippen molar-refractivity contribution in [1.82, 2.24) is 0 Å². The van der Waals surface area contributed by atoms with Gasteiger partial charge in [0.2, 0.25) is 0 Å². The average molecular weight is 410 g/mol. The third-order valence-corrected chi connectivity index (χ3v) is 16.5. The summed E-state index contributed by atoms with van der Waals surface area (Å²) in [4.78, 5) is 0. The SMILES string of the molecule is C1=CC[N-]C(C2CCCC[N-]2)=C1.C[CH2][Sn]([Cl])([Cl])[CH2]C. The van der Waals surface area contributed by atoms with Crippen molar-refractivity contribution in [2.45, 2.75) is 48.0 Å². The summed E-state index contributed by atoms with van der Waals surface area (Å²) in [6, 6.07) is 0.406. The Labute approximate surface area is 129 Å². The first-order chi connectivity index (χ1) is 9.09. The molecule has 1 saturated heterocycles. The molecule has 0 amide bonds. The van der Waals surface area contributed by atoms with E-state index in [1.54, 1.807) is 0 Å². The van der Waals surface area contributed by atoms with Crippen molar-refractivity contribution in [3.63, 3.8) is 0 Å². The van der Waals surface area contributed by atoms with Crippen LogP contribution in [0.3, 0.4) is 0 Å². The molecular formula is C14H24Cl2N2Sn-2. The molecule has 2 aliphatic heterocycles. The van der Waals surface area contributed by atoms with Gasteiger partial charge < -0.3 is 10.6 Å². The van der Waals surface area contributed by atoms with E-state index in [2.05, 4.69) is 42.7 Å². The van der Waals surface area contributed by atoms with Crippen LogP contribution >= 0.6 is 17.8 Å². The Balaban J connectivity index is 0.000000224. The number of hydrogen-bond donors (Lipinski definition) is 0. The van der Waals surface area contributed by atoms with Crippen LogP contribution in [-0.2, 0) is 0 Å². The summed E-state index contributed by atoms with van der Waals surface area (Å²) in [6.45, 7) is 6.01. The molecule has 19 heavy (non-hydrogen) atoms. The second-order valence-corrected chi connectivity index (χ2v) is 24.8. The van der Waals surface area contributed by atoms with Gasteiger partial charge in [-0.1, -0.05) is 31.4 Å². The molecule has 0 aromatic heterocycles. The minimum absolute atomic E-state index is 0.406. The van der Waals surface area contributed by atoms with Gasteiger partial charge in [0.1, 0.15) is 0 Å². The van der Waals surface area contributed by atoms with Crippen molar-refractivity contribution >= 4 is 34.0 Å². The summed E-state index contributed by atoms with van der Waals surface area (Å²) in [6.07, 6.45) is 10.0. The number of hydrogen-bond acceptors (Lipinski definition) is 0. The van der Waals surface area contributed by atoms with Gasteiger partial charge in [-0.2, -0.15) is 5.70 Å². The van der Waals surface area contributed by atoms with E-state index in [0.29, 0.717) is 6.04 Å². The van der Waals surface area contributed by atoms with Crippen LogP contribution in [0.15, 0.2) is 23.9 Å². The van der Waals surface area contributed by atoms with E-state index in [-0.39, 0.29) is 0 Å². The molecule has 0 aromatic carbocycles. The molecular weight excluding hydrogens is 386 g/mol. The first-order valence-corrected chi connectivity index (χ1v) is 18.4. The van der Waals surface area contributed by atoms with Crippen molar-refractivity contribution in [2.24, 2.45) is 0 Å². The standard InChI is InChI=1S/C10H14N2.2C2H5.2ClH.Sn/c1-3-7-11-9(5-1)10-6-2-4-8-12-10;2*1-2;;;/h1,3,5,10H,2,4,6-8H2;2*1H2,2H3;2*1H;/q-2;;;;;+2/p-2. The van der Waals surface area contributed by atoms with Gasteiger partial charge >= 0.3 is 56.7 Å². The van der Waals surface area contributed by atoms with E-state index in [1.807, 2.05) is 0 Å². The molecule has 2 heterocycles. The van der Waals surface area contributed by atoms with Crippen LogP contribution < -0.4 is 0 Å². The Morgan fingerprint density at radius 1 is 1.26 bits per heavy atom. The monoisotopic (exact) mass is 410 g/mol. The molecule has 2 rings (SSSR count). The van der Waals surface area contributed by atoms with Crippen LogP contribution in [-0.4, -0.2) is 35.3 Å². The van der Waals surface area contributed by atoms with Crippen LogP contribution in [0.4, 0.5) is 0 Å². The zero-order valence-corrected chi connectivity index (χ0v) is 16.3. The second-order valence-electron chi connectivity index (χ2n) is 4.84. The van der Waals surface area contributed by atoms with Gasteiger partial charge in [0, 0.05) is 0 Å². The molecule has 0 aliphatic carbocycles. The minimum atomic E-state index is -2.34. The molecule has 1 atom stereocenters. The maximum absolute atomic E-state index is 5.88. The molecule has 0 radical (unpaired) electrons. The molecule has 0 spiro atoms. The topological polar surface area (TPSA) is 28.2 Å². The van der Waals surface area contributed by atoms with Gasteiger partial charge in [-0.25, -0.2) is 0 Å². The molecule has 0 aromatic rings. The molecule has 1 unspecified atom stereocenters. The zero-order valence-electron chi connectivity index (χ0n) is 11.9. The van der Waals surface area contributed by atoms with Crippen LogP contribution in [0.2, 0.25) is 8.87 Å². The Morgan fingerprint density at radius 2 is 2.00 bits per heavy atom. The Bertz CT molecular complexity index is 305. The van der Waals surface area contributed by atoms with Crippen molar-refractivity contribution in [3.8, 4) is 0 Å². The summed E-state index contributed by atoms with van der Waals surface area (Å²) < 4.78 is 2.07. The molecule has 2 nitrogen and oxygen atoms in total. The Hall–Kier alpha value is 0.619. The second kappa shape index (κ2) is 9.54. The van der Waals surface area contributed by atoms with Gasteiger partial charge in [0.05, 0.1) is 0 Å². The normalized spacial score (nSPS) is 22.9. The molecule has 0 saturated carbocycles. The predicted octanol–water partition coefficient (Wildman–Crippen LogP) is 5.69. The van der Waals surface area contributed by atoms with Crippen LogP contribution in [0.25, 0.3) is 10.6 Å². The van der Waals surface area contributed by atoms with Gasteiger partial charge in [-0.05, 0) is 0 Å². The van der Waals surface area contributed by atoms with E-state index < -0.39 is 16.1 Å². The van der Waals surface area contributed by atoms with Crippen LogP contribution in [0, 0.1) is 0 Å². The number of nitrogens with zero attached hydrogens (tertiary/aromatic N) is 2. The van der Waals surface area contributed by atoms with Crippen LogP contribution in [0.5, 0.6) is 0 Å². The van der Waals surface area contributed by atoms with Crippen LogP contribution in [0.1, 0.15) is 33.1 Å². The van der Waals surface area contributed by atoms with Crippen molar-refractivity contribution in [1.29, 1.82) is 0 Å². The zero-order chi connectivity index (χ0) is 14.1. The molecule has 5 heteroatoms. The van der Waals surface area contributed by atoms with E-state index >= 15 is 0 Å². The quantitative estimate of drug-likeness (QED) is 0.536. The number of piperidine rings is 1.